The first-order valence-corrected chi connectivity index (χ1v) is 14.7. The molecule has 0 saturated carbocycles. The molecule has 0 bridgehead atoms. The molecule has 238 valence electrons. The van der Waals surface area contributed by atoms with Gasteiger partial charge in [-0.15, -0.1) is 10.2 Å². The number of hydrogen-bond donors (Lipinski definition) is 2. The van der Waals surface area contributed by atoms with Crippen molar-refractivity contribution in [3.05, 3.63) is 88.6 Å². The van der Waals surface area contributed by atoms with Crippen molar-refractivity contribution in [2.24, 2.45) is 0 Å². The molecule has 0 fully saturated rings. The van der Waals surface area contributed by atoms with Gasteiger partial charge in [-0.05, 0) is 30.7 Å². The van der Waals surface area contributed by atoms with E-state index in [9.17, 15) is 14.4 Å². The summed E-state index contributed by atoms with van der Waals surface area (Å²) in [6, 6.07) is 17.7. The molecule has 0 radical (unpaired) electrons. The van der Waals surface area contributed by atoms with Crippen molar-refractivity contribution in [3.63, 3.8) is 0 Å². The molecule has 5 aromatic rings. The maximum Gasteiger partial charge on any atom is 0.379 e. The molecule has 2 amide bonds. The molecule has 1 atom stereocenters. The fraction of sp³-hybridized carbons (Fsp3) is 0.226. The van der Waals surface area contributed by atoms with Gasteiger partial charge < -0.3 is 28.7 Å². The lowest BCUT2D eigenvalue weighted by Crippen LogP contribution is -2.22. The Bertz CT molecular complexity index is 1870. The van der Waals surface area contributed by atoms with Gasteiger partial charge in [0.25, 0.3) is 5.91 Å². The molecule has 46 heavy (non-hydrogen) atoms. The van der Waals surface area contributed by atoms with Crippen molar-refractivity contribution in [1.29, 1.82) is 0 Å². The van der Waals surface area contributed by atoms with E-state index in [2.05, 4.69) is 25.9 Å². The van der Waals surface area contributed by atoms with Crippen LogP contribution in [0.15, 0.2) is 76.1 Å². The largest absolute Gasteiger partial charge is 0.496 e. The molecule has 0 aliphatic rings. The molecule has 0 aliphatic carbocycles. The lowest BCUT2D eigenvalue weighted by molar-refractivity contribution is -0.114. The summed E-state index contributed by atoms with van der Waals surface area (Å²) in [7, 11) is 2.95. The number of ether oxygens (including phenoxy) is 4. The van der Waals surface area contributed by atoms with Crippen LogP contribution < -0.4 is 30.5 Å². The molecule has 2 N–H and O–H groups in total. The second kappa shape index (κ2) is 14.5. The molecule has 15 heteroatoms. The zero-order valence-electron chi connectivity index (χ0n) is 25.3. The topological polar surface area (TPSA) is 169 Å². The van der Waals surface area contributed by atoms with Gasteiger partial charge in [0.2, 0.25) is 21.9 Å². The molecular formula is C31H30N6O8S. The average molecular weight is 647 g/mol. The molecule has 0 aliphatic heterocycles. The number of amides is 2. The standard InChI is InChI=1S/C31H30N6O8S/c1-18(43-17-20-9-6-5-7-10-20)16-44-27-21(26-22(41-3)11-8-12-23(26)42-4)15-24(45-29(27)40)28(39)34-30-35-36-31(46-30)37-25(13-14-32-37)33-19(2)38/h5-15,18H,16-17H2,1-4H3,(H,33,38)(H,34,35,39)/t18-/m1/s1. The van der Waals surface area contributed by atoms with Gasteiger partial charge in [-0.2, -0.15) is 9.78 Å². The van der Waals surface area contributed by atoms with Crippen LogP contribution >= 0.6 is 11.3 Å². The quantitative estimate of drug-likeness (QED) is 0.184. The maximum absolute atomic E-state index is 13.4. The Morgan fingerprint density at radius 2 is 1.74 bits per heavy atom. The average Bonchev–Trinajstić information content (AvgIpc) is 3.71. The predicted molar refractivity (Wildman–Crippen MR) is 169 cm³/mol. The summed E-state index contributed by atoms with van der Waals surface area (Å²) < 4.78 is 29.8. The van der Waals surface area contributed by atoms with E-state index in [0.29, 0.717) is 29.5 Å². The number of nitrogens with one attached hydrogen (secondary N) is 2. The summed E-state index contributed by atoms with van der Waals surface area (Å²) in [4.78, 5) is 38.3. The lowest BCUT2D eigenvalue weighted by Gasteiger charge is -2.18. The predicted octanol–water partition coefficient (Wildman–Crippen LogP) is 4.56. The zero-order valence-corrected chi connectivity index (χ0v) is 26.1. The van der Waals surface area contributed by atoms with E-state index >= 15 is 0 Å². The van der Waals surface area contributed by atoms with Gasteiger partial charge >= 0.3 is 5.63 Å². The third kappa shape index (κ3) is 7.39. The van der Waals surface area contributed by atoms with Gasteiger partial charge in [0.05, 0.1) is 38.7 Å². The minimum atomic E-state index is -0.902. The Balaban J connectivity index is 1.43. The van der Waals surface area contributed by atoms with Crippen molar-refractivity contribution in [2.75, 3.05) is 31.5 Å². The van der Waals surface area contributed by atoms with E-state index < -0.39 is 17.6 Å². The molecule has 0 saturated heterocycles. The number of carbonyl (C=O) groups excluding carboxylic acids is 2. The van der Waals surface area contributed by atoms with Crippen LogP contribution in [0.25, 0.3) is 16.3 Å². The van der Waals surface area contributed by atoms with Crippen molar-refractivity contribution < 1.29 is 33.0 Å². The van der Waals surface area contributed by atoms with Crippen molar-refractivity contribution in [1.82, 2.24) is 20.0 Å². The third-order valence-electron chi connectivity index (χ3n) is 6.43. The van der Waals surface area contributed by atoms with Crippen molar-refractivity contribution in [3.8, 4) is 33.5 Å². The Morgan fingerprint density at radius 3 is 2.43 bits per heavy atom. The lowest BCUT2D eigenvalue weighted by atomic mass is 10.0. The van der Waals surface area contributed by atoms with Gasteiger partial charge in [0.1, 0.15) is 23.9 Å². The van der Waals surface area contributed by atoms with Crippen molar-refractivity contribution >= 4 is 34.1 Å². The molecule has 3 aromatic heterocycles. The van der Waals surface area contributed by atoms with E-state index in [4.69, 9.17) is 23.4 Å². The van der Waals surface area contributed by atoms with Gasteiger partial charge in [-0.25, -0.2) is 4.79 Å². The number of anilines is 2. The highest BCUT2D eigenvalue weighted by Gasteiger charge is 2.25. The van der Waals surface area contributed by atoms with E-state index in [-0.39, 0.29) is 39.9 Å². The fourth-order valence-corrected chi connectivity index (χ4v) is 5.05. The van der Waals surface area contributed by atoms with Gasteiger partial charge in [0.15, 0.2) is 5.76 Å². The number of nitrogens with zero attached hydrogens (tertiary/aromatic N) is 4. The summed E-state index contributed by atoms with van der Waals surface area (Å²) in [6.07, 6.45) is 1.08. The number of rotatable bonds is 13. The number of benzene rings is 2. The zero-order chi connectivity index (χ0) is 32.6. The minimum Gasteiger partial charge on any atom is -0.496 e. The Kier molecular flexibility index (Phi) is 10.0. The second-order valence-corrected chi connectivity index (χ2v) is 10.7. The van der Waals surface area contributed by atoms with Crippen LogP contribution in [0.4, 0.5) is 10.9 Å². The smallest absolute Gasteiger partial charge is 0.379 e. The van der Waals surface area contributed by atoms with Crippen LogP contribution in [-0.4, -0.2) is 58.7 Å². The van der Waals surface area contributed by atoms with Crippen LogP contribution in [0.2, 0.25) is 0 Å². The summed E-state index contributed by atoms with van der Waals surface area (Å²) in [5, 5.41) is 17.7. The van der Waals surface area contributed by atoms with Crippen LogP contribution in [0.5, 0.6) is 17.2 Å². The number of aromatic nitrogens is 4. The van der Waals surface area contributed by atoms with Gasteiger partial charge in [-0.3, -0.25) is 14.9 Å². The summed E-state index contributed by atoms with van der Waals surface area (Å²) in [5.74, 6) is -0.434. The normalized spacial score (nSPS) is 11.5. The molecule has 3 heterocycles. The number of carbonyl (C=O) groups is 2. The van der Waals surface area contributed by atoms with Crippen molar-refractivity contribution in [2.45, 2.75) is 26.6 Å². The highest BCUT2D eigenvalue weighted by Crippen LogP contribution is 2.42. The number of methoxy groups -OCH3 is 2. The van der Waals surface area contributed by atoms with Crippen LogP contribution in [0.1, 0.15) is 30.0 Å². The van der Waals surface area contributed by atoms with Gasteiger partial charge in [-0.1, -0.05) is 47.7 Å². The highest BCUT2D eigenvalue weighted by atomic mass is 32.1. The van der Waals surface area contributed by atoms with Crippen LogP contribution in [0, 0.1) is 0 Å². The van der Waals surface area contributed by atoms with E-state index in [0.717, 1.165) is 16.9 Å². The van der Waals surface area contributed by atoms with Gasteiger partial charge in [0, 0.05) is 18.6 Å². The first kappa shape index (κ1) is 31.9. The molecular weight excluding hydrogens is 616 g/mol. The SMILES string of the molecule is COc1cccc(OC)c1-c1cc(C(=O)Nc2nnc(-n3nccc3NC(C)=O)s2)oc(=O)c1OC[C@@H](C)OCc1ccccc1. The molecule has 5 rings (SSSR count). The highest BCUT2D eigenvalue weighted by molar-refractivity contribution is 7.17. The summed E-state index contributed by atoms with van der Waals surface area (Å²) in [5.41, 5.74) is 0.675. The number of hydrogen-bond acceptors (Lipinski definition) is 12. The summed E-state index contributed by atoms with van der Waals surface area (Å²) >= 11 is 0.986. The Hall–Kier alpha value is -5.54. The molecule has 0 unspecified atom stereocenters. The Morgan fingerprint density at radius 1 is 1.00 bits per heavy atom. The van der Waals surface area contributed by atoms with Crippen LogP contribution in [-0.2, 0) is 16.1 Å². The monoisotopic (exact) mass is 646 g/mol. The molecule has 14 nitrogen and oxygen atoms in total. The summed E-state index contributed by atoms with van der Waals surface area (Å²) in [6.45, 7) is 3.54. The molecule has 0 spiro atoms. The third-order valence-corrected chi connectivity index (χ3v) is 7.25. The van der Waals surface area contributed by atoms with Crippen LogP contribution in [0.3, 0.4) is 0 Å². The minimum absolute atomic E-state index is 0.00899. The fourth-order valence-electron chi connectivity index (χ4n) is 4.34. The first-order chi connectivity index (χ1) is 22.3. The first-order valence-electron chi connectivity index (χ1n) is 13.9. The maximum atomic E-state index is 13.4. The second-order valence-electron chi connectivity index (χ2n) is 9.75. The Labute approximate surface area is 266 Å². The van der Waals surface area contributed by atoms with E-state index in [1.807, 2.05) is 37.3 Å². The van der Waals surface area contributed by atoms with E-state index in [1.54, 1.807) is 24.3 Å². The molecule has 2 aromatic carbocycles. The van der Waals surface area contributed by atoms with E-state index in [1.165, 1.54) is 38.1 Å².